The summed E-state index contributed by atoms with van der Waals surface area (Å²) in [5.41, 5.74) is 0.557. The number of carbonyl (C=O) groups is 2. The molecule has 0 spiro atoms. The number of nitrogens with zero attached hydrogens (tertiary/aromatic N) is 2. The van der Waals surface area contributed by atoms with Gasteiger partial charge in [0.2, 0.25) is 0 Å². The topological polar surface area (TPSA) is 62.3 Å². The predicted molar refractivity (Wildman–Crippen MR) is 90.8 cm³/mol. The van der Waals surface area contributed by atoms with Crippen molar-refractivity contribution in [3.05, 3.63) is 46.7 Å². The lowest BCUT2D eigenvalue weighted by atomic mass is 10.2. The largest absolute Gasteiger partial charge is 0.337 e. The lowest BCUT2D eigenvalue weighted by Gasteiger charge is -2.18. The van der Waals surface area contributed by atoms with Gasteiger partial charge in [-0.05, 0) is 31.0 Å². The second-order valence-corrected chi connectivity index (χ2v) is 6.57. The van der Waals surface area contributed by atoms with Crippen molar-refractivity contribution in [1.29, 1.82) is 0 Å². The van der Waals surface area contributed by atoms with Crippen LogP contribution in [0.5, 0.6) is 0 Å². The number of carbonyl (C=O) groups excluding carboxylic acids is 2. The summed E-state index contributed by atoms with van der Waals surface area (Å²) in [5.74, 6) is -1.02. The summed E-state index contributed by atoms with van der Waals surface area (Å²) >= 11 is 1.19. The molecule has 0 atom stereocenters. The van der Waals surface area contributed by atoms with E-state index in [2.05, 4.69) is 10.3 Å². The Morgan fingerprint density at radius 1 is 1.17 bits per heavy atom. The molecule has 1 aromatic carbocycles. The van der Waals surface area contributed by atoms with E-state index < -0.39 is 11.7 Å². The average molecular weight is 347 g/mol. The molecule has 1 aromatic heterocycles. The number of rotatable bonds is 3. The van der Waals surface area contributed by atoms with Crippen LogP contribution >= 0.6 is 11.3 Å². The maximum absolute atomic E-state index is 13.2. The fourth-order valence-corrected chi connectivity index (χ4v) is 3.34. The van der Waals surface area contributed by atoms with Crippen LogP contribution in [0.15, 0.2) is 29.6 Å². The molecule has 0 radical (unpaired) electrons. The fraction of sp³-hybridized carbons (Fsp3) is 0.353. The Morgan fingerprint density at radius 2 is 1.92 bits per heavy atom. The highest BCUT2D eigenvalue weighted by Crippen LogP contribution is 2.19. The van der Waals surface area contributed by atoms with Crippen LogP contribution in [0.4, 0.5) is 9.52 Å². The Labute approximate surface area is 143 Å². The minimum Gasteiger partial charge on any atom is -0.337 e. The number of anilines is 1. The quantitative estimate of drug-likeness (QED) is 0.923. The fourth-order valence-electron chi connectivity index (χ4n) is 2.66. The molecular weight excluding hydrogens is 329 g/mol. The van der Waals surface area contributed by atoms with E-state index in [4.69, 9.17) is 0 Å². The highest BCUT2D eigenvalue weighted by Gasteiger charge is 2.20. The first-order chi connectivity index (χ1) is 11.6. The number of halogens is 1. The second-order valence-electron chi connectivity index (χ2n) is 5.71. The molecule has 7 heteroatoms. The Morgan fingerprint density at radius 3 is 2.62 bits per heavy atom. The first-order valence-corrected chi connectivity index (χ1v) is 8.83. The van der Waals surface area contributed by atoms with Gasteiger partial charge in [0.25, 0.3) is 11.8 Å². The van der Waals surface area contributed by atoms with Gasteiger partial charge in [-0.2, -0.15) is 0 Å². The molecule has 1 aliphatic heterocycles. The second kappa shape index (κ2) is 7.53. The zero-order valence-electron chi connectivity index (χ0n) is 13.1. The molecule has 1 aliphatic rings. The first kappa shape index (κ1) is 16.6. The van der Waals surface area contributed by atoms with Crippen LogP contribution in [-0.2, 0) is 0 Å². The number of benzene rings is 1. The van der Waals surface area contributed by atoms with Crippen molar-refractivity contribution in [2.75, 3.05) is 18.4 Å². The SMILES string of the molecule is O=C(Nc1nc(C(=O)N2CCCCCC2)cs1)c1cccc(F)c1. The lowest BCUT2D eigenvalue weighted by molar-refractivity contribution is 0.0756. The van der Waals surface area contributed by atoms with E-state index in [0.717, 1.165) is 44.8 Å². The minimum atomic E-state index is -0.473. The van der Waals surface area contributed by atoms with Gasteiger partial charge >= 0.3 is 0 Å². The van der Waals surface area contributed by atoms with Crippen molar-refractivity contribution in [3.63, 3.8) is 0 Å². The van der Waals surface area contributed by atoms with Gasteiger partial charge in [-0.25, -0.2) is 9.37 Å². The molecule has 5 nitrogen and oxygen atoms in total. The molecule has 1 N–H and O–H groups in total. The summed E-state index contributed by atoms with van der Waals surface area (Å²) in [5, 5.41) is 4.59. The summed E-state index contributed by atoms with van der Waals surface area (Å²) in [7, 11) is 0. The number of aromatic nitrogens is 1. The Hall–Kier alpha value is -2.28. The summed E-state index contributed by atoms with van der Waals surface area (Å²) in [4.78, 5) is 30.6. The monoisotopic (exact) mass is 347 g/mol. The van der Waals surface area contributed by atoms with Crippen molar-refractivity contribution in [2.45, 2.75) is 25.7 Å². The maximum atomic E-state index is 13.2. The van der Waals surface area contributed by atoms with E-state index >= 15 is 0 Å². The molecule has 0 unspecified atom stereocenters. The number of likely N-dealkylation sites (tertiary alicyclic amines) is 1. The van der Waals surface area contributed by atoms with E-state index in [1.54, 1.807) is 5.38 Å². The van der Waals surface area contributed by atoms with Crippen molar-refractivity contribution < 1.29 is 14.0 Å². The van der Waals surface area contributed by atoms with E-state index in [0.29, 0.717) is 10.8 Å². The van der Waals surface area contributed by atoms with Gasteiger partial charge in [-0.3, -0.25) is 14.9 Å². The van der Waals surface area contributed by atoms with Crippen LogP contribution in [0.25, 0.3) is 0 Å². The molecule has 24 heavy (non-hydrogen) atoms. The predicted octanol–water partition coefficient (Wildman–Crippen LogP) is 3.55. The van der Waals surface area contributed by atoms with Crippen LogP contribution in [0.2, 0.25) is 0 Å². The zero-order valence-corrected chi connectivity index (χ0v) is 13.9. The van der Waals surface area contributed by atoms with Crippen LogP contribution in [-0.4, -0.2) is 34.8 Å². The molecule has 2 amide bonds. The van der Waals surface area contributed by atoms with E-state index in [1.165, 1.54) is 29.5 Å². The van der Waals surface area contributed by atoms with Gasteiger partial charge < -0.3 is 4.90 Å². The van der Waals surface area contributed by atoms with Crippen molar-refractivity contribution in [3.8, 4) is 0 Å². The third kappa shape index (κ3) is 3.97. The van der Waals surface area contributed by atoms with Crippen LogP contribution in [0.3, 0.4) is 0 Å². The number of nitrogens with one attached hydrogen (secondary N) is 1. The Bertz CT molecular complexity index is 739. The number of thiazole rings is 1. The van der Waals surface area contributed by atoms with E-state index in [-0.39, 0.29) is 11.5 Å². The molecule has 0 bridgehead atoms. The standard InChI is InChI=1S/C17H18FN3O2S/c18-13-7-5-6-12(10-13)15(22)20-17-19-14(11-24-17)16(23)21-8-3-1-2-4-9-21/h5-7,10-11H,1-4,8-9H2,(H,19,20,22). The van der Waals surface area contributed by atoms with E-state index in [9.17, 15) is 14.0 Å². The van der Waals surface area contributed by atoms with Gasteiger partial charge in [0, 0.05) is 24.0 Å². The molecule has 1 saturated heterocycles. The molecule has 126 valence electrons. The zero-order chi connectivity index (χ0) is 16.9. The number of hydrogen-bond donors (Lipinski definition) is 1. The van der Waals surface area contributed by atoms with Gasteiger partial charge in [-0.1, -0.05) is 18.9 Å². The normalized spacial score (nSPS) is 15.0. The van der Waals surface area contributed by atoms with Gasteiger partial charge in [-0.15, -0.1) is 11.3 Å². The summed E-state index contributed by atoms with van der Waals surface area (Å²) in [6.07, 6.45) is 4.32. The molecule has 1 fully saturated rings. The molecule has 0 aliphatic carbocycles. The van der Waals surface area contributed by atoms with Crippen molar-refractivity contribution in [2.24, 2.45) is 0 Å². The summed E-state index contributed by atoms with van der Waals surface area (Å²) < 4.78 is 13.2. The van der Waals surface area contributed by atoms with Gasteiger partial charge in [0.15, 0.2) is 5.13 Å². The van der Waals surface area contributed by atoms with Crippen molar-refractivity contribution >= 4 is 28.3 Å². The van der Waals surface area contributed by atoms with Crippen LogP contribution in [0, 0.1) is 5.82 Å². The maximum Gasteiger partial charge on any atom is 0.273 e. The molecular formula is C17H18FN3O2S. The lowest BCUT2D eigenvalue weighted by Crippen LogP contribution is -2.32. The molecule has 2 aromatic rings. The summed E-state index contributed by atoms with van der Waals surface area (Å²) in [6, 6.07) is 5.43. The van der Waals surface area contributed by atoms with Crippen molar-refractivity contribution in [1.82, 2.24) is 9.88 Å². The number of hydrogen-bond acceptors (Lipinski definition) is 4. The minimum absolute atomic E-state index is 0.0978. The molecule has 0 saturated carbocycles. The first-order valence-electron chi connectivity index (χ1n) is 7.95. The number of amides is 2. The third-order valence-electron chi connectivity index (χ3n) is 3.92. The van der Waals surface area contributed by atoms with Gasteiger partial charge in [0.1, 0.15) is 11.5 Å². The Kier molecular flexibility index (Phi) is 5.20. The third-order valence-corrected chi connectivity index (χ3v) is 4.68. The highest BCUT2D eigenvalue weighted by atomic mass is 32.1. The molecule has 3 rings (SSSR count). The highest BCUT2D eigenvalue weighted by molar-refractivity contribution is 7.14. The molecule has 2 heterocycles. The Balaban J connectivity index is 1.66. The smallest absolute Gasteiger partial charge is 0.273 e. The van der Waals surface area contributed by atoms with Crippen LogP contribution in [0.1, 0.15) is 46.5 Å². The average Bonchev–Trinajstić information content (AvgIpc) is 2.87. The van der Waals surface area contributed by atoms with E-state index in [1.807, 2.05) is 4.90 Å². The van der Waals surface area contributed by atoms with Crippen LogP contribution < -0.4 is 5.32 Å². The summed E-state index contributed by atoms with van der Waals surface area (Å²) in [6.45, 7) is 1.50. The van der Waals surface area contributed by atoms with Gasteiger partial charge in [0.05, 0.1) is 0 Å².